The van der Waals surface area contributed by atoms with E-state index in [0.29, 0.717) is 6.61 Å². The van der Waals surface area contributed by atoms with Gasteiger partial charge in [0.25, 0.3) is 0 Å². The van der Waals surface area contributed by atoms with E-state index in [1.807, 2.05) is 6.08 Å². The summed E-state index contributed by atoms with van der Waals surface area (Å²) in [6, 6.07) is 0. The van der Waals surface area contributed by atoms with Crippen molar-refractivity contribution < 1.29 is 4.74 Å². The molecule has 0 unspecified atom stereocenters. The highest BCUT2D eigenvalue weighted by molar-refractivity contribution is 5.96. The van der Waals surface area contributed by atoms with Crippen LogP contribution in [0.5, 0.6) is 0 Å². The molecule has 11 heavy (non-hydrogen) atoms. The van der Waals surface area contributed by atoms with E-state index in [4.69, 9.17) is 4.74 Å². The van der Waals surface area contributed by atoms with Crippen LogP contribution in [0.1, 0.15) is 6.92 Å². The molecule has 0 spiro atoms. The maximum Gasteiger partial charge on any atom is 0.0879 e. The third-order valence-corrected chi connectivity index (χ3v) is 1.54. The van der Waals surface area contributed by atoms with E-state index in [1.165, 1.54) is 5.57 Å². The van der Waals surface area contributed by atoms with E-state index in [1.54, 1.807) is 7.11 Å². The Morgan fingerprint density at radius 3 is 3.09 bits per heavy atom. The fourth-order valence-electron chi connectivity index (χ4n) is 0.897. The van der Waals surface area contributed by atoms with E-state index >= 15 is 0 Å². The van der Waals surface area contributed by atoms with Crippen molar-refractivity contribution in [3.63, 3.8) is 0 Å². The van der Waals surface area contributed by atoms with Crippen molar-refractivity contribution in [2.45, 2.75) is 6.92 Å². The number of aliphatic imine (C=N–C) groups is 1. The molecule has 0 aromatic heterocycles. The number of hydrogen-bond acceptors (Lipinski definition) is 2. The van der Waals surface area contributed by atoms with Gasteiger partial charge in [-0.1, -0.05) is 17.7 Å². The lowest BCUT2D eigenvalue weighted by Crippen LogP contribution is -2.03. The highest BCUT2D eigenvalue weighted by atomic mass is 16.5. The van der Waals surface area contributed by atoms with E-state index in [-0.39, 0.29) is 0 Å². The van der Waals surface area contributed by atoms with Crippen LogP contribution in [-0.4, -0.2) is 26.0 Å². The smallest absolute Gasteiger partial charge is 0.0879 e. The predicted octanol–water partition coefficient (Wildman–Crippen LogP) is 1.59. The number of hydrogen-bond donors (Lipinski definition) is 0. The van der Waals surface area contributed by atoms with Crippen molar-refractivity contribution in [2.24, 2.45) is 4.99 Å². The Morgan fingerprint density at radius 2 is 2.36 bits per heavy atom. The summed E-state index contributed by atoms with van der Waals surface area (Å²) in [5.41, 5.74) is 2.28. The van der Waals surface area contributed by atoms with Crippen LogP contribution in [0.25, 0.3) is 0 Å². The van der Waals surface area contributed by atoms with Gasteiger partial charge in [0.2, 0.25) is 0 Å². The Hall–Kier alpha value is -0.890. The van der Waals surface area contributed by atoms with Crippen molar-refractivity contribution in [2.75, 3.05) is 20.3 Å². The topological polar surface area (TPSA) is 21.6 Å². The lowest BCUT2D eigenvalue weighted by atomic mass is 10.2. The molecule has 0 aromatic rings. The van der Waals surface area contributed by atoms with Gasteiger partial charge < -0.3 is 4.74 Å². The average Bonchev–Trinajstić information content (AvgIpc) is 2.17. The molecule has 0 atom stereocenters. The van der Waals surface area contributed by atoms with E-state index in [9.17, 15) is 0 Å². The first-order chi connectivity index (χ1) is 5.33. The molecule has 1 rings (SSSR count). The first-order valence-corrected chi connectivity index (χ1v) is 3.70. The molecule has 0 N–H and O–H groups in total. The third kappa shape index (κ3) is 2.68. The van der Waals surface area contributed by atoms with E-state index in [2.05, 4.69) is 24.1 Å². The molecule has 0 aromatic carbocycles. The van der Waals surface area contributed by atoms with Crippen LogP contribution in [0, 0.1) is 0 Å². The van der Waals surface area contributed by atoms with Gasteiger partial charge >= 0.3 is 0 Å². The van der Waals surface area contributed by atoms with Crippen LogP contribution in [0.3, 0.4) is 0 Å². The van der Waals surface area contributed by atoms with Gasteiger partial charge in [-0.15, -0.1) is 0 Å². The van der Waals surface area contributed by atoms with E-state index < -0.39 is 0 Å². The third-order valence-electron chi connectivity index (χ3n) is 1.54. The van der Waals surface area contributed by atoms with Gasteiger partial charge in [0.05, 0.1) is 18.9 Å². The number of nitrogens with zero attached hydrogens (tertiary/aromatic N) is 1. The predicted molar refractivity (Wildman–Crippen MR) is 47.1 cm³/mol. The maximum atomic E-state index is 4.97. The minimum absolute atomic E-state index is 0.609. The molecule has 1 aliphatic heterocycles. The molecule has 2 heteroatoms. The molecule has 0 saturated heterocycles. The molecule has 0 amide bonds. The maximum absolute atomic E-state index is 4.97. The molecule has 0 saturated carbocycles. The van der Waals surface area contributed by atoms with Gasteiger partial charge in [-0.2, -0.15) is 0 Å². The first kappa shape index (κ1) is 8.21. The zero-order valence-corrected chi connectivity index (χ0v) is 7.00. The molecule has 60 valence electrons. The number of methoxy groups -OCH3 is 1. The highest BCUT2D eigenvalue weighted by Gasteiger charge is 1.95. The normalized spacial score (nSPS) is 17.3. The van der Waals surface area contributed by atoms with Gasteiger partial charge in [-0.25, -0.2) is 0 Å². The zero-order chi connectivity index (χ0) is 8.10. The Labute approximate surface area is 67.3 Å². The SMILES string of the molecule is COCC1=NCC=C(C)C=C1. The van der Waals surface area contributed by atoms with Crippen LogP contribution in [-0.2, 0) is 4.74 Å². The van der Waals surface area contributed by atoms with Crippen LogP contribution < -0.4 is 0 Å². The fraction of sp³-hybridized carbons (Fsp3) is 0.444. The van der Waals surface area contributed by atoms with Crippen LogP contribution >= 0.6 is 0 Å². The van der Waals surface area contributed by atoms with Crippen LogP contribution in [0.4, 0.5) is 0 Å². The monoisotopic (exact) mass is 151 g/mol. The van der Waals surface area contributed by atoms with Crippen molar-refractivity contribution in [3.8, 4) is 0 Å². The lowest BCUT2D eigenvalue weighted by Gasteiger charge is -1.95. The lowest BCUT2D eigenvalue weighted by molar-refractivity contribution is 0.245. The quantitative estimate of drug-likeness (QED) is 0.587. The van der Waals surface area contributed by atoms with Gasteiger partial charge in [-0.05, 0) is 13.0 Å². The minimum atomic E-state index is 0.609. The summed E-state index contributed by atoms with van der Waals surface area (Å²) in [5, 5.41) is 0. The zero-order valence-electron chi connectivity index (χ0n) is 7.00. The largest absolute Gasteiger partial charge is 0.378 e. The van der Waals surface area contributed by atoms with Gasteiger partial charge in [0.15, 0.2) is 0 Å². The fourth-order valence-corrected chi connectivity index (χ4v) is 0.897. The summed E-state index contributed by atoms with van der Waals surface area (Å²) < 4.78 is 4.97. The molecule has 1 heterocycles. The van der Waals surface area contributed by atoms with Crippen LogP contribution in [0.2, 0.25) is 0 Å². The second-order valence-electron chi connectivity index (χ2n) is 2.55. The molecule has 0 fully saturated rings. The summed E-state index contributed by atoms with van der Waals surface area (Å²) >= 11 is 0. The Morgan fingerprint density at radius 1 is 1.55 bits per heavy atom. The average molecular weight is 151 g/mol. The van der Waals surface area contributed by atoms with Gasteiger partial charge in [-0.3, -0.25) is 4.99 Å². The standard InChI is InChI=1S/C9H13NO/c1-8-3-4-9(7-11-2)10-6-5-8/h3-5H,6-7H2,1-2H3. The molecule has 0 radical (unpaired) electrons. The second kappa shape index (κ2) is 4.09. The molecular weight excluding hydrogens is 138 g/mol. The van der Waals surface area contributed by atoms with Crippen molar-refractivity contribution in [1.29, 1.82) is 0 Å². The van der Waals surface area contributed by atoms with Gasteiger partial charge in [0, 0.05) is 7.11 Å². The summed E-state index contributed by atoms with van der Waals surface area (Å²) in [6.07, 6.45) is 6.16. The second-order valence-corrected chi connectivity index (χ2v) is 2.55. The molecule has 0 bridgehead atoms. The first-order valence-electron chi connectivity index (χ1n) is 3.70. The summed E-state index contributed by atoms with van der Waals surface area (Å²) in [6.45, 7) is 3.46. The molecular formula is C9H13NO. The highest BCUT2D eigenvalue weighted by Crippen LogP contribution is 2.00. The molecule has 1 aliphatic rings. The van der Waals surface area contributed by atoms with Crippen molar-refractivity contribution in [3.05, 3.63) is 23.8 Å². The van der Waals surface area contributed by atoms with Crippen molar-refractivity contribution in [1.82, 2.24) is 0 Å². The Balaban J connectivity index is 2.58. The van der Waals surface area contributed by atoms with Crippen molar-refractivity contribution >= 4 is 5.71 Å². The van der Waals surface area contributed by atoms with E-state index in [0.717, 1.165) is 12.3 Å². The summed E-state index contributed by atoms with van der Waals surface area (Å²) in [4.78, 5) is 4.29. The Bertz CT molecular complexity index is 214. The van der Waals surface area contributed by atoms with Crippen LogP contribution in [0.15, 0.2) is 28.8 Å². The van der Waals surface area contributed by atoms with Gasteiger partial charge in [0.1, 0.15) is 0 Å². The Kier molecular flexibility index (Phi) is 3.05. The summed E-state index contributed by atoms with van der Waals surface area (Å²) in [5.74, 6) is 0. The number of ether oxygens (including phenoxy) is 1. The number of allylic oxidation sites excluding steroid dienone is 2. The summed E-state index contributed by atoms with van der Waals surface area (Å²) in [7, 11) is 1.68. The molecule has 0 aliphatic carbocycles. The molecule has 2 nitrogen and oxygen atoms in total. The minimum Gasteiger partial charge on any atom is -0.378 e. The number of rotatable bonds is 2.